The molecule has 38 heavy (non-hydrogen) atoms. The van der Waals surface area contributed by atoms with Gasteiger partial charge in [-0.25, -0.2) is 9.18 Å². The Balaban J connectivity index is 1.92. The summed E-state index contributed by atoms with van der Waals surface area (Å²) in [6.07, 6.45) is 2.16. The number of fused-ring (bicyclic) bond motifs is 1. The van der Waals surface area contributed by atoms with Crippen LogP contribution in [-0.2, 0) is 27.1 Å². The molecule has 1 aliphatic rings. The second-order valence-corrected chi connectivity index (χ2v) is 10.8. The van der Waals surface area contributed by atoms with Gasteiger partial charge in [0.15, 0.2) is 6.10 Å². The van der Waals surface area contributed by atoms with Gasteiger partial charge in [0, 0.05) is 29.1 Å². The highest BCUT2D eigenvalue weighted by Gasteiger charge is 2.34. The van der Waals surface area contributed by atoms with Gasteiger partial charge in [-0.3, -0.25) is 4.98 Å². The molecular formula is C32H34FNO4. The minimum atomic E-state index is -1.01. The lowest BCUT2D eigenvalue weighted by Crippen LogP contribution is -2.29. The van der Waals surface area contributed by atoms with E-state index in [0.717, 1.165) is 50.7 Å². The number of carbonyl (C=O) groups is 1. The summed E-state index contributed by atoms with van der Waals surface area (Å²) < 4.78 is 33.2. The lowest BCUT2D eigenvalue weighted by atomic mass is 9.85. The molecule has 4 aromatic rings. The van der Waals surface area contributed by atoms with Crippen molar-refractivity contribution in [3.8, 4) is 16.9 Å². The lowest BCUT2D eigenvalue weighted by molar-refractivity contribution is -0.166. The Morgan fingerprint density at radius 1 is 1.16 bits per heavy atom. The van der Waals surface area contributed by atoms with Crippen LogP contribution in [0.2, 0.25) is 0 Å². The van der Waals surface area contributed by atoms with Crippen LogP contribution in [0.3, 0.4) is 0 Å². The van der Waals surface area contributed by atoms with E-state index in [0.29, 0.717) is 29.5 Å². The van der Waals surface area contributed by atoms with E-state index in [1.165, 1.54) is 0 Å². The van der Waals surface area contributed by atoms with Gasteiger partial charge in [-0.05, 0) is 104 Å². The molecule has 0 saturated heterocycles. The third kappa shape index (κ3) is 4.62. The first-order valence-electron chi connectivity index (χ1n) is 13.3. The number of halogens is 1. The summed E-state index contributed by atoms with van der Waals surface area (Å²) >= 11 is 0. The molecule has 0 spiro atoms. The highest BCUT2D eigenvalue weighted by molar-refractivity contribution is 6.09. The number of carbonyl (C=O) groups excluding carboxylic acids is 1. The van der Waals surface area contributed by atoms with Gasteiger partial charge in [0.25, 0.3) is 0 Å². The quantitative estimate of drug-likeness (QED) is 0.250. The molecule has 0 amide bonds. The van der Waals surface area contributed by atoms with Crippen molar-refractivity contribution in [2.24, 2.45) is 0 Å². The van der Waals surface area contributed by atoms with Crippen molar-refractivity contribution in [1.29, 1.82) is 0 Å². The molecule has 0 radical (unpaired) electrons. The molecule has 3 aromatic carbocycles. The van der Waals surface area contributed by atoms with Crippen LogP contribution < -0.4 is 4.74 Å². The molecule has 0 fully saturated rings. The van der Waals surface area contributed by atoms with E-state index >= 15 is 4.39 Å². The maximum Gasteiger partial charge on any atom is 0.339 e. The van der Waals surface area contributed by atoms with E-state index in [9.17, 15) is 4.79 Å². The Kier molecular flexibility index (Phi) is 6.86. The molecule has 1 atom stereocenters. The van der Waals surface area contributed by atoms with E-state index in [4.69, 9.17) is 19.2 Å². The van der Waals surface area contributed by atoms with E-state index in [-0.39, 0.29) is 12.4 Å². The van der Waals surface area contributed by atoms with Crippen LogP contribution in [0.5, 0.6) is 5.75 Å². The SMILES string of the molecule is CCOC(=O)[C@@H](OC(C)(C)C)c1c(C)cc2cc(CC)c(F)cc2c1-c1ccc2c3c(ccnc13)CCO2. The Hall–Kier alpha value is -3.51. The Labute approximate surface area is 222 Å². The molecule has 0 bridgehead atoms. The van der Waals surface area contributed by atoms with Crippen LogP contribution >= 0.6 is 0 Å². The average molecular weight is 516 g/mol. The number of ether oxygens (including phenoxy) is 3. The third-order valence-corrected chi connectivity index (χ3v) is 7.01. The van der Waals surface area contributed by atoms with Crippen molar-refractivity contribution in [3.63, 3.8) is 0 Å². The molecule has 1 aromatic heterocycles. The zero-order chi connectivity index (χ0) is 27.2. The van der Waals surface area contributed by atoms with Crippen molar-refractivity contribution in [2.75, 3.05) is 13.2 Å². The topological polar surface area (TPSA) is 57.7 Å². The second-order valence-electron chi connectivity index (χ2n) is 10.8. The fraction of sp³-hybridized carbons (Fsp3) is 0.375. The summed E-state index contributed by atoms with van der Waals surface area (Å²) in [5.41, 5.74) is 4.97. The highest BCUT2D eigenvalue weighted by Crippen LogP contribution is 2.45. The van der Waals surface area contributed by atoms with E-state index in [1.54, 1.807) is 19.2 Å². The maximum atomic E-state index is 15.3. The standard InChI is InChI=1S/C32H34FNO4/c1-7-19-16-21-15-18(3)26(30(31(35)36-8-2)38-32(4,5)6)28(23(21)17-24(19)33)22-9-10-25-27-20(12-14-37-25)11-13-34-29(22)27/h9-11,13,15-17,30H,7-8,12,14H2,1-6H3/t30-/m0/s1. The molecule has 0 N–H and O–H groups in total. The number of hydrogen-bond donors (Lipinski definition) is 0. The van der Waals surface area contributed by atoms with Crippen LogP contribution in [0.1, 0.15) is 63.0 Å². The highest BCUT2D eigenvalue weighted by atomic mass is 19.1. The second kappa shape index (κ2) is 9.99. The number of esters is 1. The smallest absolute Gasteiger partial charge is 0.339 e. The zero-order valence-corrected chi connectivity index (χ0v) is 22.9. The summed E-state index contributed by atoms with van der Waals surface area (Å²) in [6.45, 7) is 12.2. The van der Waals surface area contributed by atoms with Crippen molar-refractivity contribution < 1.29 is 23.4 Å². The molecule has 5 rings (SSSR count). The first-order chi connectivity index (χ1) is 18.1. The van der Waals surface area contributed by atoms with E-state index in [2.05, 4.69) is 0 Å². The summed E-state index contributed by atoms with van der Waals surface area (Å²) in [5, 5.41) is 2.55. The van der Waals surface area contributed by atoms with E-state index < -0.39 is 17.7 Å². The number of rotatable bonds is 6. The van der Waals surface area contributed by atoms with Gasteiger partial charge in [0.1, 0.15) is 11.6 Å². The van der Waals surface area contributed by atoms with Crippen LogP contribution in [0.15, 0.2) is 42.6 Å². The summed E-state index contributed by atoms with van der Waals surface area (Å²) in [4.78, 5) is 18.2. The van der Waals surface area contributed by atoms with Crippen molar-refractivity contribution >= 4 is 27.6 Å². The van der Waals surface area contributed by atoms with Gasteiger partial charge in [-0.1, -0.05) is 13.0 Å². The number of nitrogens with zero attached hydrogens (tertiary/aromatic N) is 1. The molecule has 198 valence electrons. The molecule has 1 aliphatic heterocycles. The monoisotopic (exact) mass is 515 g/mol. The van der Waals surface area contributed by atoms with Gasteiger partial charge < -0.3 is 14.2 Å². The van der Waals surface area contributed by atoms with Crippen molar-refractivity contribution in [2.45, 2.75) is 66.1 Å². The van der Waals surface area contributed by atoms with Crippen LogP contribution in [-0.4, -0.2) is 29.8 Å². The number of aryl methyl sites for hydroxylation is 2. The van der Waals surface area contributed by atoms with Gasteiger partial charge in [0.05, 0.1) is 24.3 Å². The van der Waals surface area contributed by atoms with Gasteiger partial charge in [-0.15, -0.1) is 0 Å². The fourth-order valence-electron chi connectivity index (χ4n) is 5.43. The summed E-state index contributed by atoms with van der Waals surface area (Å²) in [6, 6.07) is 11.4. The van der Waals surface area contributed by atoms with Crippen LogP contribution in [0.4, 0.5) is 4.39 Å². The average Bonchev–Trinajstić information content (AvgIpc) is 2.87. The van der Waals surface area contributed by atoms with Crippen LogP contribution in [0, 0.1) is 12.7 Å². The molecule has 0 aliphatic carbocycles. The predicted molar refractivity (Wildman–Crippen MR) is 148 cm³/mol. The van der Waals surface area contributed by atoms with Gasteiger partial charge >= 0.3 is 5.97 Å². The molecule has 0 saturated carbocycles. The molecule has 6 heteroatoms. The lowest BCUT2D eigenvalue weighted by Gasteiger charge is -2.30. The largest absolute Gasteiger partial charge is 0.493 e. The normalized spacial score (nSPS) is 14.0. The molecule has 2 heterocycles. The Morgan fingerprint density at radius 2 is 1.95 bits per heavy atom. The van der Waals surface area contributed by atoms with Crippen molar-refractivity contribution in [1.82, 2.24) is 4.98 Å². The van der Waals surface area contributed by atoms with Crippen LogP contribution in [0.25, 0.3) is 32.8 Å². The Bertz CT molecular complexity index is 1540. The maximum absolute atomic E-state index is 15.3. The third-order valence-electron chi connectivity index (χ3n) is 7.01. The summed E-state index contributed by atoms with van der Waals surface area (Å²) in [5.74, 6) is 0.0271. The number of aromatic nitrogens is 1. The molecule has 5 nitrogen and oxygen atoms in total. The minimum absolute atomic E-state index is 0.221. The first-order valence-corrected chi connectivity index (χ1v) is 13.3. The minimum Gasteiger partial charge on any atom is -0.493 e. The van der Waals surface area contributed by atoms with Gasteiger partial charge in [0.2, 0.25) is 0 Å². The van der Waals surface area contributed by atoms with Gasteiger partial charge in [-0.2, -0.15) is 0 Å². The molecule has 0 unspecified atom stereocenters. The predicted octanol–water partition coefficient (Wildman–Crippen LogP) is 7.42. The first kappa shape index (κ1) is 26.1. The van der Waals surface area contributed by atoms with E-state index in [1.807, 2.05) is 65.0 Å². The summed E-state index contributed by atoms with van der Waals surface area (Å²) in [7, 11) is 0. The number of benzene rings is 3. The Morgan fingerprint density at radius 3 is 2.66 bits per heavy atom. The molecular weight excluding hydrogens is 481 g/mol. The fourth-order valence-corrected chi connectivity index (χ4v) is 5.43. The number of hydrogen-bond acceptors (Lipinski definition) is 5. The zero-order valence-electron chi connectivity index (χ0n) is 22.9. The number of pyridine rings is 1. The van der Waals surface area contributed by atoms with Crippen molar-refractivity contribution in [3.05, 3.63) is 70.7 Å².